The van der Waals surface area contributed by atoms with E-state index in [2.05, 4.69) is 0 Å². The third kappa shape index (κ3) is 3.57. The number of hydrogen-bond donors (Lipinski definition) is 1. The molecule has 1 saturated heterocycles. The van der Waals surface area contributed by atoms with Gasteiger partial charge in [-0.05, 0) is 42.0 Å². The number of aliphatic hydroxyl groups excluding tert-OH is 1. The van der Waals surface area contributed by atoms with Crippen LogP contribution in [0.2, 0.25) is 0 Å². The van der Waals surface area contributed by atoms with E-state index in [0.717, 1.165) is 12.8 Å². The summed E-state index contributed by atoms with van der Waals surface area (Å²) in [7, 11) is 3.06. The van der Waals surface area contributed by atoms with Gasteiger partial charge in [0, 0.05) is 13.2 Å². The quantitative estimate of drug-likeness (QED) is 0.678. The van der Waals surface area contributed by atoms with Crippen LogP contribution in [0.15, 0.2) is 47.0 Å². The van der Waals surface area contributed by atoms with Crippen molar-refractivity contribution in [3.63, 3.8) is 0 Å². The van der Waals surface area contributed by atoms with E-state index < -0.39 is 17.7 Å². The van der Waals surface area contributed by atoms with E-state index in [1.807, 2.05) is 0 Å². The van der Waals surface area contributed by atoms with Crippen molar-refractivity contribution in [3.05, 3.63) is 57.5 Å². The van der Waals surface area contributed by atoms with Crippen LogP contribution in [-0.4, -0.2) is 55.2 Å². The number of amides is 1. The average Bonchev–Trinajstić information content (AvgIpc) is 3.52. The molecule has 0 aliphatic carbocycles. The zero-order valence-electron chi connectivity index (χ0n) is 16.8. The molecule has 2 aromatic rings. The monoisotopic (exact) mass is 429 g/mol. The normalized spacial score (nSPS) is 21.4. The Labute approximate surface area is 178 Å². The van der Waals surface area contributed by atoms with Crippen LogP contribution in [0, 0.1) is 0 Å². The number of Topliss-reactive ketones (excluding diaryl/α,β-unsaturated/α-hetero) is 1. The number of rotatable bonds is 7. The molecule has 7 nitrogen and oxygen atoms in total. The summed E-state index contributed by atoms with van der Waals surface area (Å²) in [6, 6.07) is 7.96. The van der Waals surface area contributed by atoms with E-state index in [0.29, 0.717) is 35.1 Å². The smallest absolute Gasteiger partial charge is 0.290 e. The molecule has 1 aromatic heterocycles. The molecule has 158 valence electrons. The zero-order valence-corrected chi connectivity index (χ0v) is 17.6. The third-order valence-electron chi connectivity index (χ3n) is 5.44. The summed E-state index contributed by atoms with van der Waals surface area (Å²) in [5.41, 5.74) is 0.732. The predicted molar refractivity (Wildman–Crippen MR) is 111 cm³/mol. The van der Waals surface area contributed by atoms with Crippen molar-refractivity contribution in [1.82, 2.24) is 4.90 Å². The molecular formula is C22H23NO6S. The first-order chi connectivity index (χ1) is 14.5. The Kier molecular flexibility index (Phi) is 5.78. The molecule has 0 unspecified atom stereocenters. The van der Waals surface area contributed by atoms with E-state index in [4.69, 9.17) is 14.2 Å². The number of hydrogen-bond acceptors (Lipinski definition) is 7. The van der Waals surface area contributed by atoms with Gasteiger partial charge in [-0.1, -0.05) is 12.1 Å². The lowest BCUT2D eigenvalue weighted by Gasteiger charge is -2.29. The molecule has 0 radical (unpaired) electrons. The highest BCUT2D eigenvalue weighted by Crippen LogP contribution is 2.42. The summed E-state index contributed by atoms with van der Waals surface area (Å²) in [5, 5.41) is 12.5. The Morgan fingerprint density at radius 3 is 2.70 bits per heavy atom. The molecule has 3 heterocycles. The van der Waals surface area contributed by atoms with Crippen molar-refractivity contribution in [2.45, 2.75) is 25.0 Å². The zero-order chi connectivity index (χ0) is 21.3. The molecule has 2 atom stereocenters. The molecule has 1 amide bonds. The molecule has 30 heavy (non-hydrogen) atoms. The minimum absolute atomic E-state index is 0.0765. The Hall–Kier alpha value is -2.84. The Morgan fingerprint density at radius 2 is 2.07 bits per heavy atom. The number of benzene rings is 1. The second kappa shape index (κ2) is 8.49. The van der Waals surface area contributed by atoms with Gasteiger partial charge in [-0.2, -0.15) is 0 Å². The number of carbonyl (C=O) groups excluding carboxylic acids is 2. The van der Waals surface area contributed by atoms with Gasteiger partial charge in [-0.3, -0.25) is 9.59 Å². The van der Waals surface area contributed by atoms with Crippen LogP contribution in [-0.2, 0) is 9.53 Å². The number of thiophene rings is 1. The van der Waals surface area contributed by atoms with Crippen molar-refractivity contribution >= 4 is 23.0 Å². The topological polar surface area (TPSA) is 85.3 Å². The van der Waals surface area contributed by atoms with Crippen LogP contribution < -0.4 is 9.47 Å². The minimum Gasteiger partial charge on any atom is -0.503 e. The summed E-state index contributed by atoms with van der Waals surface area (Å²) >= 11 is 1.27. The number of aliphatic hydroxyl groups is 1. The van der Waals surface area contributed by atoms with E-state index in [-0.39, 0.29) is 17.5 Å². The van der Waals surface area contributed by atoms with Crippen LogP contribution in [0.3, 0.4) is 0 Å². The Bertz CT molecular complexity index is 978. The molecule has 1 aromatic carbocycles. The Morgan fingerprint density at radius 1 is 1.27 bits per heavy atom. The second-order valence-electron chi connectivity index (χ2n) is 7.18. The summed E-state index contributed by atoms with van der Waals surface area (Å²) < 4.78 is 16.4. The molecule has 2 aliphatic rings. The third-order valence-corrected chi connectivity index (χ3v) is 6.31. The van der Waals surface area contributed by atoms with Crippen molar-refractivity contribution in [2.24, 2.45) is 0 Å². The first-order valence-electron chi connectivity index (χ1n) is 9.71. The molecule has 0 saturated carbocycles. The highest BCUT2D eigenvalue weighted by Gasteiger charge is 2.45. The van der Waals surface area contributed by atoms with Crippen molar-refractivity contribution in [3.8, 4) is 11.5 Å². The molecule has 0 spiro atoms. The van der Waals surface area contributed by atoms with Crippen LogP contribution in [0.25, 0.3) is 0 Å². The molecule has 2 aliphatic heterocycles. The molecule has 4 rings (SSSR count). The van der Waals surface area contributed by atoms with Gasteiger partial charge in [0.25, 0.3) is 5.91 Å². The van der Waals surface area contributed by atoms with Crippen LogP contribution in [0.5, 0.6) is 11.5 Å². The predicted octanol–water partition coefficient (Wildman–Crippen LogP) is 3.52. The fourth-order valence-electron chi connectivity index (χ4n) is 3.99. The number of carbonyl (C=O) groups is 2. The second-order valence-corrected chi connectivity index (χ2v) is 8.13. The van der Waals surface area contributed by atoms with Gasteiger partial charge >= 0.3 is 0 Å². The van der Waals surface area contributed by atoms with Crippen molar-refractivity contribution in [1.29, 1.82) is 0 Å². The number of methoxy groups -OCH3 is 2. The van der Waals surface area contributed by atoms with Gasteiger partial charge < -0.3 is 24.2 Å². The fourth-order valence-corrected chi connectivity index (χ4v) is 4.67. The maximum absolute atomic E-state index is 13.2. The van der Waals surface area contributed by atoms with Crippen molar-refractivity contribution in [2.75, 3.05) is 27.4 Å². The van der Waals surface area contributed by atoms with E-state index in [1.165, 1.54) is 30.5 Å². The van der Waals surface area contributed by atoms with E-state index in [1.54, 1.807) is 35.7 Å². The fraction of sp³-hybridized carbons (Fsp3) is 0.364. The molecule has 8 heteroatoms. The van der Waals surface area contributed by atoms with Gasteiger partial charge in [-0.15, -0.1) is 11.3 Å². The first kappa shape index (κ1) is 20.4. The van der Waals surface area contributed by atoms with Gasteiger partial charge in [0.05, 0.1) is 36.8 Å². The maximum atomic E-state index is 13.2. The highest BCUT2D eigenvalue weighted by molar-refractivity contribution is 7.12. The highest BCUT2D eigenvalue weighted by atomic mass is 32.1. The van der Waals surface area contributed by atoms with Gasteiger partial charge in [-0.25, -0.2) is 0 Å². The number of ketones is 1. The lowest BCUT2D eigenvalue weighted by Crippen LogP contribution is -2.37. The SMILES string of the molecule is COc1ccc([C@H]2C(C(=O)c3cccs3)=C(O)C(=O)N2C[C@@H]2CCCO2)cc1OC. The lowest BCUT2D eigenvalue weighted by molar-refractivity contribution is -0.131. The molecular weight excluding hydrogens is 406 g/mol. The van der Waals surface area contributed by atoms with Crippen molar-refractivity contribution < 1.29 is 28.9 Å². The molecule has 1 fully saturated rings. The summed E-state index contributed by atoms with van der Waals surface area (Å²) in [4.78, 5) is 28.2. The van der Waals surface area contributed by atoms with Gasteiger partial charge in [0.2, 0.25) is 5.78 Å². The van der Waals surface area contributed by atoms with Gasteiger partial charge in [0.1, 0.15) is 0 Å². The number of ether oxygens (including phenoxy) is 3. The van der Waals surface area contributed by atoms with E-state index >= 15 is 0 Å². The largest absolute Gasteiger partial charge is 0.503 e. The first-order valence-corrected chi connectivity index (χ1v) is 10.6. The summed E-state index contributed by atoms with van der Waals surface area (Å²) in [6.07, 6.45) is 1.63. The van der Waals surface area contributed by atoms with Crippen LogP contribution in [0.1, 0.15) is 34.1 Å². The standard InChI is InChI=1S/C22H23NO6S/c1-27-15-8-7-13(11-16(15)28-2)19-18(20(24)17-6-4-10-30-17)21(25)22(26)23(19)12-14-5-3-9-29-14/h4,6-8,10-11,14,19,25H,3,5,9,12H2,1-2H3/t14-,19-/m0/s1. The molecule has 1 N–H and O–H groups in total. The average molecular weight is 429 g/mol. The molecule has 0 bridgehead atoms. The van der Waals surface area contributed by atoms with Crippen LogP contribution in [0.4, 0.5) is 0 Å². The lowest BCUT2D eigenvalue weighted by atomic mass is 9.95. The van der Waals surface area contributed by atoms with Crippen LogP contribution >= 0.6 is 11.3 Å². The number of nitrogens with zero attached hydrogens (tertiary/aromatic N) is 1. The maximum Gasteiger partial charge on any atom is 0.290 e. The summed E-state index contributed by atoms with van der Waals surface area (Å²) in [5.74, 6) is -0.411. The minimum atomic E-state index is -0.740. The Balaban J connectivity index is 1.79. The summed E-state index contributed by atoms with van der Waals surface area (Å²) in [6.45, 7) is 0.942. The van der Waals surface area contributed by atoms with E-state index in [9.17, 15) is 14.7 Å². The van der Waals surface area contributed by atoms with Gasteiger partial charge in [0.15, 0.2) is 17.3 Å².